The molecule has 1 amide bonds. The van der Waals surface area contributed by atoms with Gasteiger partial charge in [-0.1, -0.05) is 32.0 Å². The van der Waals surface area contributed by atoms with Crippen LogP contribution in [0.25, 0.3) is 0 Å². The van der Waals surface area contributed by atoms with Crippen molar-refractivity contribution in [2.45, 2.75) is 32.6 Å². The van der Waals surface area contributed by atoms with Gasteiger partial charge < -0.3 is 5.32 Å². The Kier molecular flexibility index (Phi) is 6.51. The number of carbonyl (C=O) groups excluding carboxylic acids is 2. The van der Waals surface area contributed by atoms with Gasteiger partial charge >= 0.3 is 0 Å². The zero-order valence-electron chi connectivity index (χ0n) is 15.9. The molecule has 0 aromatic heterocycles. The number of aryl methyl sites for hydroxylation is 1. The monoisotopic (exact) mass is 388 g/mol. The minimum atomic E-state index is -3.68. The lowest BCUT2D eigenvalue weighted by atomic mass is 10.1. The highest BCUT2D eigenvalue weighted by Crippen LogP contribution is 2.23. The third-order valence-corrected chi connectivity index (χ3v) is 6.52. The Hall–Kier alpha value is -2.51. The Morgan fingerprint density at radius 1 is 1.04 bits per heavy atom. The number of nitrogens with one attached hydrogen (secondary N) is 1. The fourth-order valence-corrected chi connectivity index (χ4v) is 4.52. The molecule has 6 nitrogen and oxygen atoms in total. The van der Waals surface area contributed by atoms with Crippen LogP contribution in [0.2, 0.25) is 0 Å². The summed E-state index contributed by atoms with van der Waals surface area (Å²) >= 11 is 0. The lowest BCUT2D eigenvalue weighted by molar-refractivity contribution is 0.101. The summed E-state index contributed by atoms with van der Waals surface area (Å²) in [6.45, 7) is 7.35. The van der Waals surface area contributed by atoms with Crippen molar-refractivity contribution in [1.82, 2.24) is 4.31 Å². The van der Waals surface area contributed by atoms with Crippen molar-refractivity contribution in [3.05, 3.63) is 59.2 Å². The molecule has 0 aliphatic carbocycles. The number of anilines is 1. The normalized spacial score (nSPS) is 11.4. The van der Waals surface area contributed by atoms with Gasteiger partial charge in [0.15, 0.2) is 5.78 Å². The Labute approximate surface area is 160 Å². The number of amides is 1. The first kappa shape index (κ1) is 20.8. The van der Waals surface area contributed by atoms with Gasteiger partial charge in [0.05, 0.1) is 10.6 Å². The number of hydrogen-bond donors (Lipinski definition) is 1. The SMILES string of the molecule is CCN(CC)S(=O)(=O)c1cc(C(=O)Nc2ccccc2C(C)=O)ccc1C. The first-order valence-electron chi connectivity index (χ1n) is 8.74. The maximum atomic E-state index is 12.8. The molecule has 0 atom stereocenters. The molecule has 0 radical (unpaired) electrons. The van der Waals surface area contributed by atoms with Crippen LogP contribution in [0.1, 0.15) is 47.1 Å². The molecule has 0 aliphatic heterocycles. The second-order valence-electron chi connectivity index (χ2n) is 6.13. The summed E-state index contributed by atoms with van der Waals surface area (Å²) in [5.41, 5.74) is 1.57. The summed E-state index contributed by atoms with van der Waals surface area (Å²) in [7, 11) is -3.68. The summed E-state index contributed by atoms with van der Waals surface area (Å²) in [4.78, 5) is 24.5. The summed E-state index contributed by atoms with van der Waals surface area (Å²) < 4.78 is 27.0. The second kappa shape index (κ2) is 8.45. The molecule has 0 aliphatic rings. The Morgan fingerprint density at radius 3 is 2.26 bits per heavy atom. The Morgan fingerprint density at radius 2 is 1.67 bits per heavy atom. The van der Waals surface area contributed by atoms with Crippen molar-refractivity contribution >= 4 is 27.4 Å². The van der Waals surface area contributed by atoms with Gasteiger partial charge in [0.2, 0.25) is 10.0 Å². The molecule has 1 N–H and O–H groups in total. The van der Waals surface area contributed by atoms with Crippen LogP contribution in [0, 0.1) is 6.92 Å². The van der Waals surface area contributed by atoms with E-state index in [1.54, 1.807) is 57.2 Å². The highest BCUT2D eigenvalue weighted by atomic mass is 32.2. The first-order valence-corrected chi connectivity index (χ1v) is 10.2. The van der Waals surface area contributed by atoms with Gasteiger partial charge in [-0.25, -0.2) is 8.42 Å². The van der Waals surface area contributed by atoms with Crippen LogP contribution in [0.3, 0.4) is 0 Å². The van der Waals surface area contributed by atoms with Crippen LogP contribution in [-0.4, -0.2) is 37.5 Å². The zero-order valence-corrected chi connectivity index (χ0v) is 16.8. The van der Waals surface area contributed by atoms with Gasteiger partial charge in [-0.2, -0.15) is 4.31 Å². The fraction of sp³-hybridized carbons (Fsp3) is 0.300. The van der Waals surface area contributed by atoms with Crippen molar-refractivity contribution in [2.24, 2.45) is 0 Å². The standard InChI is InChI=1S/C20H24N2O4S/c1-5-22(6-2)27(25,26)19-13-16(12-11-14(19)3)20(24)21-18-10-8-7-9-17(18)15(4)23/h7-13H,5-6H2,1-4H3,(H,21,24). The van der Waals surface area contributed by atoms with Crippen LogP contribution in [0.5, 0.6) is 0 Å². The van der Waals surface area contributed by atoms with Crippen LogP contribution < -0.4 is 5.32 Å². The van der Waals surface area contributed by atoms with E-state index in [1.807, 2.05) is 0 Å². The molecule has 27 heavy (non-hydrogen) atoms. The van der Waals surface area contributed by atoms with Crippen LogP contribution in [-0.2, 0) is 10.0 Å². The van der Waals surface area contributed by atoms with Crippen molar-refractivity contribution < 1.29 is 18.0 Å². The molecule has 2 aromatic carbocycles. The summed E-state index contributed by atoms with van der Waals surface area (Å²) in [6, 6.07) is 11.3. The summed E-state index contributed by atoms with van der Waals surface area (Å²) in [5, 5.41) is 2.70. The van der Waals surface area contributed by atoms with E-state index in [9.17, 15) is 18.0 Å². The number of Topliss-reactive ketones (excluding diaryl/α,β-unsaturated/α-hetero) is 1. The second-order valence-corrected chi connectivity index (χ2v) is 8.03. The van der Waals surface area contributed by atoms with Crippen molar-refractivity contribution in [1.29, 1.82) is 0 Å². The van der Waals surface area contributed by atoms with Crippen molar-refractivity contribution in [3.8, 4) is 0 Å². The molecular weight excluding hydrogens is 364 g/mol. The highest BCUT2D eigenvalue weighted by molar-refractivity contribution is 7.89. The largest absolute Gasteiger partial charge is 0.321 e. The minimum absolute atomic E-state index is 0.110. The molecule has 144 valence electrons. The smallest absolute Gasteiger partial charge is 0.255 e. The molecule has 0 bridgehead atoms. The van der Waals surface area contributed by atoms with E-state index in [4.69, 9.17) is 0 Å². The van der Waals surface area contributed by atoms with E-state index in [0.717, 1.165) is 0 Å². The summed E-state index contributed by atoms with van der Waals surface area (Å²) in [5.74, 6) is -0.640. The van der Waals surface area contributed by atoms with Crippen LogP contribution in [0.4, 0.5) is 5.69 Å². The number of carbonyl (C=O) groups is 2. The van der Waals surface area contributed by atoms with Crippen molar-refractivity contribution in [2.75, 3.05) is 18.4 Å². The topological polar surface area (TPSA) is 83.6 Å². The quantitative estimate of drug-likeness (QED) is 0.736. The molecule has 7 heteroatoms. The average molecular weight is 388 g/mol. The number of sulfonamides is 1. The number of ketones is 1. The van der Waals surface area contributed by atoms with Crippen LogP contribution in [0.15, 0.2) is 47.4 Å². The molecule has 0 spiro atoms. The third-order valence-electron chi connectivity index (χ3n) is 4.33. The molecule has 0 unspecified atom stereocenters. The predicted octanol–water partition coefficient (Wildman–Crippen LogP) is 3.48. The number of benzene rings is 2. The molecule has 2 aromatic rings. The van der Waals surface area contributed by atoms with Gasteiger partial charge in [0.25, 0.3) is 5.91 Å². The van der Waals surface area contributed by atoms with Gasteiger partial charge in [-0.05, 0) is 43.7 Å². The molecule has 2 rings (SSSR count). The Balaban J connectivity index is 2.41. The van der Waals surface area contributed by atoms with E-state index >= 15 is 0 Å². The van der Waals surface area contributed by atoms with Crippen molar-refractivity contribution in [3.63, 3.8) is 0 Å². The fourth-order valence-electron chi connectivity index (χ4n) is 2.82. The number of hydrogen-bond acceptors (Lipinski definition) is 4. The number of rotatable bonds is 7. The zero-order chi connectivity index (χ0) is 20.2. The minimum Gasteiger partial charge on any atom is -0.321 e. The number of nitrogens with zero attached hydrogens (tertiary/aromatic N) is 1. The van der Waals surface area contributed by atoms with E-state index < -0.39 is 15.9 Å². The van der Waals surface area contributed by atoms with Crippen LogP contribution >= 0.6 is 0 Å². The average Bonchev–Trinajstić information content (AvgIpc) is 2.62. The highest BCUT2D eigenvalue weighted by Gasteiger charge is 2.25. The molecule has 0 heterocycles. The third kappa shape index (κ3) is 4.43. The molecule has 0 saturated heterocycles. The van der Waals surface area contributed by atoms with Gasteiger partial charge in [0.1, 0.15) is 0 Å². The lowest BCUT2D eigenvalue weighted by Gasteiger charge is -2.20. The molecule has 0 fully saturated rings. The lowest BCUT2D eigenvalue weighted by Crippen LogP contribution is -2.31. The summed E-state index contributed by atoms with van der Waals surface area (Å²) in [6.07, 6.45) is 0. The van der Waals surface area contributed by atoms with Gasteiger partial charge in [-0.15, -0.1) is 0 Å². The molecular formula is C20H24N2O4S. The van der Waals surface area contributed by atoms with E-state index in [1.165, 1.54) is 17.3 Å². The molecule has 0 saturated carbocycles. The number of para-hydroxylation sites is 1. The first-order chi connectivity index (χ1) is 12.7. The maximum Gasteiger partial charge on any atom is 0.255 e. The Bertz CT molecular complexity index is 964. The maximum absolute atomic E-state index is 12.8. The van der Waals surface area contributed by atoms with E-state index in [-0.39, 0.29) is 16.2 Å². The van der Waals surface area contributed by atoms with E-state index in [2.05, 4.69) is 5.32 Å². The predicted molar refractivity (Wildman–Crippen MR) is 106 cm³/mol. The van der Waals surface area contributed by atoms with Gasteiger partial charge in [0, 0.05) is 24.2 Å². The van der Waals surface area contributed by atoms with Gasteiger partial charge in [-0.3, -0.25) is 9.59 Å². The van der Waals surface area contributed by atoms with E-state index in [0.29, 0.717) is 29.9 Å².